The lowest BCUT2D eigenvalue weighted by Gasteiger charge is -2.13. The van der Waals surface area contributed by atoms with E-state index in [0.717, 1.165) is 11.6 Å². The highest BCUT2D eigenvalue weighted by atomic mass is 35.5. The lowest BCUT2D eigenvalue weighted by Crippen LogP contribution is -2.18. The number of nitrogens with one attached hydrogen (secondary N) is 1. The molecule has 1 aliphatic carbocycles. The standard InChI is InChI=1S/C17H18ClN/c1-2-19-17-9-7-14-10-13(6-8-16(14)17)12-4-3-5-15(18)11-12/h3-6,8,10-11,17,19H,2,7,9H2,1H3. The summed E-state index contributed by atoms with van der Waals surface area (Å²) in [5.74, 6) is 0. The van der Waals surface area contributed by atoms with Gasteiger partial charge in [-0.1, -0.05) is 48.9 Å². The first kappa shape index (κ1) is 12.7. The quantitative estimate of drug-likeness (QED) is 0.860. The molecule has 0 aliphatic heterocycles. The third-order valence-electron chi connectivity index (χ3n) is 3.83. The molecule has 1 nitrogen and oxygen atoms in total. The SMILES string of the molecule is CCNC1CCc2cc(-c3cccc(Cl)c3)ccc21. The van der Waals surface area contributed by atoms with Crippen molar-refractivity contribution < 1.29 is 0 Å². The first-order valence-electron chi connectivity index (χ1n) is 6.90. The van der Waals surface area contributed by atoms with Crippen molar-refractivity contribution in [1.82, 2.24) is 5.32 Å². The summed E-state index contributed by atoms with van der Waals surface area (Å²) in [6.45, 7) is 3.19. The Morgan fingerprint density at radius 1 is 1.16 bits per heavy atom. The van der Waals surface area contributed by atoms with Crippen molar-refractivity contribution in [2.24, 2.45) is 0 Å². The van der Waals surface area contributed by atoms with Crippen LogP contribution in [0.3, 0.4) is 0 Å². The summed E-state index contributed by atoms with van der Waals surface area (Å²) in [6.07, 6.45) is 2.38. The van der Waals surface area contributed by atoms with Gasteiger partial charge in [-0.15, -0.1) is 0 Å². The van der Waals surface area contributed by atoms with Crippen LogP contribution in [0.5, 0.6) is 0 Å². The van der Waals surface area contributed by atoms with E-state index in [1.54, 1.807) is 0 Å². The molecule has 0 heterocycles. The summed E-state index contributed by atoms with van der Waals surface area (Å²) in [5.41, 5.74) is 5.40. The number of aryl methyl sites for hydroxylation is 1. The number of hydrogen-bond donors (Lipinski definition) is 1. The van der Waals surface area contributed by atoms with E-state index in [1.807, 2.05) is 18.2 Å². The first-order valence-corrected chi connectivity index (χ1v) is 7.28. The van der Waals surface area contributed by atoms with Crippen molar-refractivity contribution in [3.63, 3.8) is 0 Å². The molecule has 2 aromatic rings. The summed E-state index contributed by atoms with van der Waals surface area (Å²) in [7, 11) is 0. The number of benzene rings is 2. The normalized spacial score (nSPS) is 17.5. The van der Waals surface area contributed by atoms with E-state index in [-0.39, 0.29) is 0 Å². The maximum Gasteiger partial charge on any atom is 0.0412 e. The van der Waals surface area contributed by atoms with Crippen LogP contribution in [0.15, 0.2) is 42.5 Å². The Labute approximate surface area is 119 Å². The van der Waals surface area contributed by atoms with Gasteiger partial charge in [-0.25, -0.2) is 0 Å². The van der Waals surface area contributed by atoms with E-state index in [4.69, 9.17) is 11.6 Å². The van der Waals surface area contributed by atoms with Gasteiger partial charge < -0.3 is 5.32 Å². The second-order valence-electron chi connectivity index (χ2n) is 5.07. The van der Waals surface area contributed by atoms with Crippen molar-refractivity contribution in [2.75, 3.05) is 6.54 Å². The molecule has 3 rings (SSSR count). The fraction of sp³-hybridized carbons (Fsp3) is 0.294. The molecule has 0 amide bonds. The van der Waals surface area contributed by atoms with Crippen LogP contribution in [-0.2, 0) is 6.42 Å². The Bertz CT molecular complexity index is 592. The molecule has 0 bridgehead atoms. The van der Waals surface area contributed by atoms with Gasteiger partial charge in [0.05, 0.1) is 0 Å². The van der Waals surface area contributed by atoms with Crippen LogP contribution in [0.1, 0.15) is 30.5 Å². The summed E-state index contributed by atoms with van der Waals surface area (Å²) >= 11 is 6.07. The molecule has 1 aliphatic rings. The van der Waals surface area contributed by atoms with E-state index in [2.05, 4.69) is 36.5 Å². The summed E-state index contributed by atoms with van der Waals surface area (Å²) in [4.78, 5) is 0. The van der Waals surface area contributed by atoms with Crippen molar-refractivity contribution >= 4 is 11.6 Å². The third-order valence-corrected chi connectivity index (χ3v) is 4.06. The first-order chi connectivity index (χ1) is 9.28. The Hall–Kier alpha value is -1.31. The Morgan fingerprint density at radius 2 is 2.00 bits per heavy atom. The summed E-state index contributed by atoms with van der Waals surface area (Å²) < 4.78 is 0. The average molecular weight is 272 g/mol. The van der Waals surface area contributed by atoms with Crippen LogP contribution in [0, 0.1) is 0 Å². The zero-order chi connectivity index (χ0) is 13.2. The van der Waals surface area contributed by atoms with Gasteiger partial charge >= 0.3 is 0 Å². The van der Waals surface area contributed by atoms with Gasteiger partial charge in [0.15, 0.2) is 0 Å². The maximum atomic E-state index is 6.07. The monoisotopic (exact) mass is 271 g/mol. The second kappa shape index (κ2) is 5.36. The van der Waals surface area contributed by atoms with E-state index in [9.17, 15) is 0 Å². The predicted octanol–water partition coefficient (Wildman–Crippen LogP) is 4.60. The molecule has 0 spiro atoms. The van der Waals surface area contributed by atoms with E-state index in [0.29, 0.717) is 6.04 Å². The average Bonchev–Trinajstić information content (AvgIpc) is 2.82. The molecule has 0 saturated heterocycles. The van der Waals surface area contributed by atoms with Gasteiger partial charge in [0, 0.05) is 11.1 Å². The van der Waals surface area contributed by atoms with E-state index < -0.39 is 0 Å². The Balaban J connectivity index is 1.95. The molecule has 1 unspecified atom stereocenters. The molecule has 2 heteroatoms. The largest absolute Gasteiger partial charge is 0.310 e. The molecule has 0 fully saturated rings. The van der Waals surface area contributed by atoms with Crippen LogP contribution in [0.2, 0.25) is 5.02 Å². The minimum atomic E-state index is 0.536. The van der Waals surface area contributed by atoms with Gasteiger partial charge in [0.25, 0.3) is 0 Å². The molecule has 98 valence electrons. The molecular weight excluding hydrogens is 254 g/mol. The molecule has 0 radical (unpaired) electrons. The topological polar surface area (TPSA) is 12.0 Å². The minimum Gasteiger partial charge on any atom is -0.310 e. The fourth-order valence-corrected chi connectivity index (χ4v) is 3.11. The molecule has 0 aromatic heterocycles. The highest BCUT2D eigenvalue weighted by Gasteiger charge is 2.21. The molecule has 2 aromatic carbocycles. The van der Waals surface area contributed by atoms with Gasteiger partial charge in [-0.05, 0) is 53.8 Å². The molecule has 1 N–H and O–H groups in total. The number of hydrogen-bond acceptors (Lipinski definition) is 1. The number of rotatable bonds is 3. The highest BCUT2D eigenvalue weighted by molar-refractivity contribution is 6.30. The third kappa shape index (κ3) is 2.54. The van der Waals surface area contributed by atoms with Crippen LogP contribution < -0.4 is 5.32 Å². The smallest absolute Gasteiger partial charge is 0.0412 e. The van der Waals surface area contributed by atoms with E-state index >= 15 is 0 Å². The maximum absolute atomic E-state index is 6.07. The molecule has 1 atom stereocenters. The lowest BCUT2D eigenvalue weighted by atomic mass is 10.00. The zero-order valence-electron chi connectivity index (χ0n) is 11.1. The Kier molecular flexibility index (Phi) is 3.58. The summed E-state index contributed by atoms with van der Waals surface area (Å²) in [6, 6.07) is 15.4. The van der Waals surface area contributed by atoms with E-state index in [1.165, 1.54) is 35.1 Å². The van der Waals surface area contributed by atoms with Crippen LogP contribution in [-0.4, -0.2) is 6.54 Å². The molecule has 0 saturated carbocycles. The van der Waals surface area contributed by atoms with Crippen LogP contribution >= 0.6 is 11.6 Å². The fourth-order valence-electron chi connectivity index (χ4n) is 2.92. The predicted molar refractivity (Wildman–Crippen MR) is 81.6 cm³/mol. The van der Waals surface area contributed by atoms with Crippen molar-refractivity contribution in [3.8, 4) is 11.1 Å². The minimum absolute atomic E-state index is 0.536. The molecule has 19 heavy (non-hydrogen) atoms. The lowest BCUT2D eigenvalue weighted by molar-refractivity contribution is 0.549. The van der Waals surface area contributed by atoms with Gasteiger partial charge in [-0.3, -0.25) is 0 Å². The van der Waals surface area contributed by atoms with Gasteiger partial charge in [0.1, 0.15) is 0 Å². The highest BCUT2D eigenvalue weighted by Crippen LogP contribution is 2.34. The Morgan fingerprint density at radius 3 is 2.79 bits per heavy atom. The van der Waals surface area contributed by atoms with Gasteiger partial charge in [-0.2, -0.15) is 0 Å². The van der Waals surface area contributed by atoms with Crippen molar-refractivity contribution in [1.29, 1.82) is 0 Å². The zero-order valence-corrected chi connectivity index (χ0v) is 11.9. The number of halogens is 1. The molecular formula is C17H18ClN. The summed E-state index contributed by atoms with van der Waals surface area (Å²) in [5, 5.41) is 4.34. The van der Waals surface area contributed by atoms with Crippen molar-refractivity contribution in [3.05, 3.63) is 58.6 Å². The van der Waals surface area contributed by atoms with Crippen LogP contribution in [0.25, 0.3) is 11.1 Å². The van der Waals surface area contributed by atoms with Gasteiger partial charge in [0.2, 0.25) is 0 Å². The van der Waals surface area contributed by atoms with Crippen LogP contribution in [0.4, 0.5) is 0 Å². The van der Waals surface area contributed by atoms with Crippen molar-refractivity contribution in [2.45, 2.75) is 25.8 Å². The second-order valence-corrected chi connectivity index (χ2v) is 5.51. The number of fused-ring (bicyclic) bond motifs is 1.